The number of esters is 1. The monoisotopic (exact) mass is 577 g/mol. The number of benzene rings is 2. The zero-order valence-corrected chi connectivity index (χ0v) is 23.7. The molecule has 2 aromatic rings. The third kappa shape index (κ3) is 6.38. The first-order chi connectivity index (χ1) is 20.2. The summed E-state index contributed by atoms with van der Waals surface area (Å²) in [5, 5.41) is 8.10. The summed E-state index contributed by atoms with van der Waals surface area (Å²) in [6.07, 6.45) is -0.107. The molecule has 3 aliphatic rings. The zero-order chi connectivity index (χ0) is 29.8. The Kier molecular flexibility index (Phi) is 8.72. The van der Waals surface area contributed by atoms with E-state index in [2.05, 4.69) is 10.6 Å². The van der Waals surface area contributed by atoms with E-state index in [0.717, 1.165) is 11.3 Å². The Labute approximate surface area is 243 Å². The van der Waals surface area contributed by atoms with Crippen molar-refractivity contribution in [2.24, 2.45) is 0 Å². The summed E-state index contributed by atoms with van der Waals surface area (Å²) in [5.41, 5.74) is 2.08. The van der Waals surface area contributed by atoms with Crippen LogP contribution in [0.5, 0.6) is 0 Å². The van der Waals surface area contributed by atoms with E-state index in [4.69, 9.17) is 9.47 Å². The van der Waals surface area contributed by atoms with Crippen LogP contribution >= 0.6 is 0 Å². The highest BCUT2D eigenvalue weighted by molar-refractivity contribution is 6.00. The summed E-state index contributed by atoms with van der Waals surface area (Å²) in [6.45, 7) is 0.466. The number of carbonyl (C=O) groups is 5. The molecular weight excluding hydrogens is 542 g/mol. The van der Waals surface area contributed by atoms with Gasteiger partial charge in [-0.25, -0.2) is 5.01 Å². The minimum Gasteiger partial charge on any atom is -0.433 e. The molecule has 12 heteroatoms. The number of rotatable bonds is 8. The van der Waals surface area contributed by atoms with Crippen molar-refractivity contribution in [3.8, 4) is 0 Å². The summed E-state index contributed by atoms with van der Waals surface area (Å²) < 4.78 is 11.1. The quantitative estimate of drug-likeness (QED) is 0.449. The molecule has 4 amide bonds. The van der Waals surface area contributed by atoms with E-state index in [-0.39, 0.29) is 38.3 Å². The van der Waals surface area contributed by atoms with E-state index in [1.807, 2.05) is 55.4 Å². The number of anilines is 1. The Bertz CT molecular complexity index is 1350. The number of nitrogens with one attached hydrogen (secondary N) is 2. The Morgan fingerprint density at radius 1 is 1.02 bits per heavy atom. The van der Waals surface area contributed by atoms with Crippen molar-refractivity contribution in [1.29, 1.82) is 0 Å². The van der Waals surface area contributed by atoms with Gasteiger partial charge in [0.2, 0.25) is 18.1 Å². The fourth-order valence-corrected chi connectivity index (χ4v) is 5.41. The van der Waals surface area contributed by atoms with Gasteiger partial charge in [0.05, 0.1) is 13.0 Å². The van der Waals surface area contributed by atoms with Gasteiger partial charge >= 0.3 is 5.97 Å². The minimum atomic E-state index is -1.00. The number of hydrogen-bond donors (Lipinski definition) is 2. The largest absolute Gasteiger partial charge is 0.433 e. The fourth-order valence-electron chi connectivity index (χ4n) is 5.41. The smallest absolute Gasteiger partial charge is 0.310 e. The molecule has 0 radical (unpaired) electrons. The molecule has 0 saturated carbocycles. The second kappa shape index (κ2) is 12.6. The third-order valence-electron chi connectivity index (χ3n) is 7.64. The molecule has 0 spiro atoms. The lowest BCUT2D eigenvalue weighted by Gasteiger charge is -2.43. The van der Waals surface area contributed by atoms with Gasteiger partial charge in [0.1, 0.15) is 18.1 Å². The highest BCUT2D eigenvalue weighted by atomic mass is 16.7. The Balaban J connectivity index is 1.29. The molecule has 4 atom stereocenters. The number of amides is 4. The molecule has 3 aliphatic heterocycles. The summed E-state index contributed by atoms with van der Waals surface area (Å²) in [5.74, 6) is -2.31. The first-order valence-corrected chi connectivity index (χ1v) is 14.1. The van der Waals surface area contributed by atoms with Crippen molar-refractivity contribution in [3.63, 3.8) is 0 Å². The average molecular weight is 578 g/mol. The van der Waals surface area contributed by atoms with E-state index in [0.29, 0.717) is 18.4 Å². The SMILES string of the molecule is CN(C)c1cccc(C(=O)NC2CCC(=O)N3CCCC(C(=O)NC4CC(=O)OC4OCc4ccccc4)N3C2=O)c1. The second-order valence-electron chi connectivity index (χ2n) is 10.8. The van der Waals surface area contributed by atoms with E-state index in [1.165, 1.54) is 10.0 Å². The molecule has 2 N–H and O–H groups in total. The van der Waals surface area contributed by atoms with Gasteiger partial charge in [-0.05, 0) is 43.0 Å². The molecule has 0 aliphatic carbocycles. The van der Waals surface area contributed by atoms with Gasteiger partial charge in [0, 0.05) is 38.3 Å². The van der Waals surface area contributed by atoms with Gasteiger partial charge < -0.3 is 25.0 Å². The molecule has 0 bridgehead atoms. The molecule has 12 nitrogen and oxygen atoms in total. The number of ether oxygens (including phenoxy) is 2. The second-order valence-corrected chi connectivity index (χ2v) is 10.8. The number of carbonyl (C=O) groups excluding carboxylic acids is 5. The van der Waals surface area contributed by atoms with Crippen molar-refractivity contribution < 1.29 is 33.4 Å². The predicted octanol–water partition coefficient (Wildman–Crippen LogP) is 1.35. The standard InChI is InChI=1S/C30H35N5O7/c1-33(2)21-11-6-10-20(16-21)27(38)31-22-13-14-25(36)34-15-7-12-24(35(34)29(22)40)28(39)32-23-17-26(37)42-30(23)41-18-19-8-4-3-5-9-19/h3-6,8-11,16,22-24,30H,7,12-15,17-18H2,1-2H3,(H,31,38)(H,32,39). The van der Waals surface area contributed by atoms with Gasteiger partial charge in [-0.15, -0.1) is 0 Å². The van der Waals surface area contributed by atoms with E-state index < -0.39 is 48.1 Å². The molecular formula is C30H35N5O7. The van der Waals surface area contributed by atoms with Gasteiger partial charge in [0.25, 0.3) is 11.8 Å². The van der Waals surface area contributed by atoms with Crippen LogP contribution in [0.4, 0.5) is 5.69 Å². The van der Waals surface area contributed by atoms with E-state index in [1.54, 1.807) is 18.2 Å². The number of hydrogen-bond acceptors (Lipinski definition) is 8. The van der Waals surface area contributed by atoms with E-state index in [9.17, 15) is 24.0 Å². The molecule has 5 rings (SSSR count). The van der Waals surface area contributed by atoms with Crippen LogP contribution in [-0.4, -0.2) is 84.7 Å². The first-order valence-electron chi connectivity index (χ1n) is 14.1. The van der Waals surface area contributed by atoms with Crippen LogP contribution in [0.25, 0.3) is 0 Å². The topological polar surface area (TPSA) is 138 Å². The summed E-state index contributed by atoms with van der Waals surface area (Å²) in [6, 6.07) is 13.6. The predicted molar refractivity (Wildman–Crippen MR) is 150 cm³/mol. The number of hydrazine groups is 1. The van der Waals surface area contributed by atoms with Crippen LogP contribution < -0.4 is 15.5 Å². The maximum absolute atomic E-state index is 13.8. The molecule has 2 aromatic carbocycles. The van der Waals surface area contributed by atoms with Gasteiger partial charge in [0.15, 0.2) is 0 Å². The normalized spacial score (nSPS) is 24.0. The number of fused-ring (bicyclic) bond motifs is 1. The Morgan fingerprint density at radius 2 is 1.81 bits per heavy atom. The molecule has 42 heavy (non-hydrogen) atoms. The lowest BCUT2D eigenvalue weighted by molar-refractivity contribution is -0.177. The molecule has 0 aromatic heterocycles. The first kappa shape index (κ1) is 29.1. The summed E-state index contributed by atoms with van der Waals surface area (Å²) in [7, 11) is 3.72. The van der Waals surface area contributed by atoms with Gasteiger partial charge in [-0.2, -0.15) is 0 Å². The molecule has 222 valence electrons. The summed E-state index contributed by atoms with van der Waals surface area (Å²) >= 11 is 0. The molecule has 3 saturated heterocycles. The van der Waals surface area contributed by atoms with Crippen LogP contribution in [0, 0.1) is 0 Å². The van der Waals surface area contributed by atoms with Crippen molar-refractivity contribution in [3.05, 3.63) is 65.7 Å². The highest BCUT2D eigenvalue weighted by Crippen LogP contribution is 2.26. The average Bonchev–Trinajstić information content (AvgIpc) is 3.30. The maximum atomic E-state index is 13.8. The summed E-state index contributed by atoms with van der Waals surface area (Å²) in [4.78, 5) is 67.6. The molecule has 4 unspecified atom stereocenters. The van der Waals surface area contributed by atoms with Gasteiger partial charge in [-0.1, -0.05) is 36.4 Å². The Morgan fingerprint density at radius 3 is 2.57 bits per heavy atom. The minimum absolute atomic E-state index is 0.0413. The fraction of sp³-hybridized carbons (Fsp3) is 0.433. The molecule has 3 heterocycles. The lowest BCUT2D eigenvalue weighted by atomic mass is 10.0. The number of cyclic esters (lactones) is 1. The lowest BCUT2D eigenvalue weighted by Crippen LogP contribution is -2.64. The third-order valence-corrected chi connectivity index (χ3v) is 7.64. The Hall–Kier alpha value is -4.45. The van der Waals surface area contributed by atoms with Crippen LogP contribution in [0.2, 0.25) is 0 Å². The van der Waals surface area contributed by atoms with Crippen molar-refractivity contribution in [2.45, 2.75) is 63.1 Å². The molecule has 3 fully saturated rings. The van der Waals surface area contributed by atoms with Crippen molar-refractivity contribution >= 4 is 35.3 Å². The van der Waals surface area contributed by atoms with Crippen molar-refractivity contribution in [1.82, 2.24) is 20.7 Å². The van der Waals surface area contributed by atoms with Crippen LogP contribution in [-0.2, 0) is 35.3 Å². The van der Waals surface area contributed by atoms with Crippen LogP contribution in [0.15, 0.2) is 54.6 Å². The van der Waals surface area contributed by atoms with Crippen LogP contribution in [0.3, 0.4) is 0 Å². The van der Waals surface area contributed by atoms with Crippen molar-refractivity contribution in [2.75, 3.05) is 25.5 Å². The van der Waals surface area contributed by atoms with E-state index >= 15 is 0 Å². The van der Waals surface area contributed by atoms with Crippen LogP contribution in [0.1, 0.15) is 48.0 Å². The maximum Gasteiger partial charge on any atom is 0.310 e. The van der Waals surface area contributed by atoms with Gasteiger partial charge in [-0.3, -0.25) is 29.0 Å². The zero-order valence-electron chi connectivity index (χ0n) is 23.7. The highest BCUT2D eigenvalue weighted by Gasteiger charge is 2.46. The number of nitrogens with zero attached hydrogens (tertiary/aromatic N) is 3.